The van der Waals surface area contributed by atoms with Crippen LogP contribution in [0.4, 0.5) is 16.4 Å². The SMILES string of the molecule is CC(C)(C)N(C(=O)O)C1CCCN(c2nccnc2C2CN(c3ccc4ccccc4n3)C2)C1. The van der Waals surface area contributed by atoms with E-state index in [1.807, 2.05) is 39.0 Å². The van der Waals surface area contributed by atoms with Crippen molar-refractivity contribution in [3.8, 4) is 0 Å². The molecule has 34 heavy (non-hydrogen) atoms. The molecule has 2 aromatic heterocycles. The summed E-state index contributed by atoms with van der Waals surface area (Å²) in [5, 5.41) is 11.0. The number of para-hydroxylation sites is 1. The number of rotatable bonds is 4. The van der Waals surface area contributed by atoms with Gasteiger partial charge in [0.2, 0.25) is 0 Å². The second-order valence-electron chi connectivity index (χ2n) is 10.3. The zero-order valence-electron chi connectivity index (χ0n) is 20.1. The van der Waals surface area contributed by atoms with Crippen LogP contribution < -0.4 is 9.80 Å². The number of benzene rings is 1. The van der Waals surface area contributed by atoms with Gasteiger partial charge in [-0.3, -0.25) is 9.88 Å². The summed E-state index contributed by atoms with van der Waals surface area (Å²) < 4.78 is 0. The molecule has 3 aromatic rings. The molecule has 0 saturated carbocycles. The molecule has 2 aliphatic heterocycles. The first-order valence-electron chi connectivity index (χ1n) is 12.0. The summed E-state index contributed by atoms with van der Waals surface area (Å²) in [7, 11) is 0. The van der Waals surface area contributed by atoms with E-state index in [0.29, 0.717) is 6.54 Å². The molecule has 178 valence electrons. The first-order chi connectivity index (χ1) is 16.3. The number of aromatic nitrogens is 3. The van der Waals surface area contributed by atoms with E-state index in [1.165, 1.54) is 0 Å². The number of hydrogen-bond acceptors (Lipinski definition) is 6. The number of anilines is 2. The van der Waals surface area contributed by atoms with Crippen molar-refractivity contribution in [2.45, 2.75) is 51.1 Å². The Hall–Kier alpha value is -3.42. The minimum absolute atomic E-state index is 0.0687. The van der Waals surface area contributed by atoms with Crippen LogP contribution in [0.15, 0.2) is 48.8 Å². The van der Waals surface area contributed by atoms with Gasteiger partial charge in [0.05, 0.1) is 17.3 Å². The van der Waals surface area contributed by atoms with Crippen LogP contribution in [0.5, 0.6) is 0 Å². The first kappa shape index (κ1) is 22.4. The van der Waals surface area contributed by atoms with E-state index in [2.05, 4.69) is 28.0 Å². The number of carbonyl (C=O) groups is 1. The van der Waals surface area contributed by atoms with Gasteiger partial charge in [-0.15, -0.1) is 0 Å². The Kier molecular flexibility index (Phi) is 5.75. The largest absolute Gasteiger partial charge is 0.465 e. The van der Waals surface area contributed by atoms with Crippen LogP contribution in [0.25, 0.3) is 10.9 Å². The third kappa shape index (κ3) is 4.24. The third-order valence-corrected chi connectivity index (χ3v) is 6.87. The van der Waals surface area contributed by atoms with Crippen molar-refractivity contribution in [2.24, 2.45) is 0 Å². The van der Waals surface area contributed by atoms with Crippen LogP contribution in [0.1, 0.15) is 45.2 Å². The van der Waals surface area contributed by atoms with E-state index in [9.17, 15) is 9.90 Å². The van der Waals surface area contributed by atoms with Crippen LogP contribution in [0.2, 0.25) is 0 Å². The maximum Gasteiger partial charge on any atom is 0.408 e. The van der Waals surface area contributed by atoms with E-state index in [0.717, 1.165) is 60.7 Å². The van der Waals surface area contributed by atoms with Crippen LogP contribution in [0, 0.1) is 0 Å². The summed E-state index contributed by atoms with van der Waals surface area (Å²) in [5.41, 5.74) is 1.55. The molecule has 8 heteroatoms. The molecule has 1 aromatic carbocycles. The minimum atomic E-state index is -0.865. The van der Waals surface area contributed by atoms with Crippen LogP contribution in [-0.2, 0) is 0 Å². The molecule has 5 rings (SSSR count). The molecule has 0 spiro atoms. The van der Waals surface area contributed by atoms with Gasteiger partial charge in [0.15, 0.2) is 5.82 Å². The van der Waals surface area contributed by atoms with Crippen molar-refractivity contribution >= 4 is 28.6 Å². The summed E-state index contributed by atoms with van der Waals surface area (Å²) in [6.45, 7) is 9.06. The number of amides is 1. The Bertz CT molecular complexity index is 1190. The molecule has 1 atom stereocenters. The summed E-state index contributed by atoms with van der Waals surface area (Å²) in [4.78, 5) is 32.4. The normalized spacial score (nSPS) is 19.2. The van der Waals surface area contributed by atoms with Crippen molar-refractivity contribution in [3.05, 3.63) is 54.5 Å². The number of fused-ring (bicyclic) bond motifs is 1. The molecule has 1 unspecified atom stereocenters. The molecule has 4 heterocycles. The van der Waals surface area contributed by atoms with Gasteiger partial charge in [0, 0.05) is 55.4 Å². The molecule has 0 radical (unpaired) electrons. The van der Waals surface area contributed by atoms with Crippen molar-refractivity contribution in [1.29, 1.82) is 0 Å². The Morgan fingerprint density at radius 1 is 1.03 bits per heavy atom. The molecule has 0 aliphatic carbocycles. The fourth-order valence-electron chi connectivity index (χ4n) is 5.29. The molecule has 1 N–H and O–H groups in total. The summed E-state index contributed by atoms with van der Waals surface area (Å²) in [5.74, 6) is 2.15. The molecule has 0 bridgehead atoms. The molecular weight excluding hydrogens is 428 g/mol. The first-order valence-corrected chi connectivity index (χ1v) is 12.0. The van der Waals surface area contributed by atoms with E-state index in [4.69, 9.17) is 15.0 Å². The third-order valence-electron chi connectivity index (χ3n) is 6.87. The van der Waals surface area contributed by atoms with Gasteiger partial charge < -0.3 is 14.9 Å². The van der Waals surface area contributed by atoms with Gasteiger partial charge in [-0.1, -0.05) is 18.2 Å². The van der Waals surface area contributed by atoms with Crippen molar-refractivity contribution in [3.63, 3.8) is 0 Å². The molecule has 2 aliphatic rings. The maximum atomic E-state index is 12.0. The zero-order valence-corrected chi connectivity index (χ0v) is 20.1. The lowest BCUT2D eigenvalue weighted by Crippen LogP contribution is -2.57. The average Bonchev–Trinajstić information content (AvgIpc) is 2.77. The second kappa shape index (κ2) is 8.74. The van der Waals surface area contributed by atoms with Crippen LogP contribution in [0.3, 0.4) is 0 Å². The highest BCUT2D eigenvalue weighted by Crippen LogP contribution is 2.35. The number of hydrogen-bond donors (Lipinski definition) is 1. The Labute approximate surface area is 200 Å². The van der Waals surface area contributed by atoms with Gasteiger partial charge >= 0.3 is 6.09 Å². The fraction of sp³-hybridized carbons (Fsp3) is 0.462. The number of nitrogens with zero attached hydrogens (tertiary/aromatic N) is 6. The topological polar surface area (TPSA) is 85.7 Å². The summed E-state index contributed by atoms with van der Waals surface area (Å²) in [6, 6.07) is 12.3. The van der Waals surface area contributed by atoms with Gasteiger partial charge in [-0.25, -0.2) is 14.8 Å². The van der Waals surface area contributed by atoms with E-state index in [1.54, 1.807) is 17.3 Å². The van der Waals surface area contributed by atoms with Crippen molar-refractivity contribution < 1.29 is 9.90 Å². The average molecular weight is 461 g/mol. The highest BCUT2D eigenvalue weighted by molar-refractivity contribution is 5.80. The smallest absolute Gasteiger partial charge is 0.408 e. The number of carboxylic acid groups (broad SMARTS) is 1. The lowest BCUT2D eigenvalue weighted by Gasteiger charge is -2.45. The highest BCUT2D eigenvalue weighted by Gasteiger charge is 2.38. The van der Waals surface area contributed by atoms with Gasteiger partial charge in [-0.2, -0.15) is 0 Å². The van der Waals surface area contributed by atoms with Gasteiger partial charge in [0.1, 0.15) is 5.82 Å². The van der Waals surface area contributed by atoms with Crippen molar-refractivity contribution in [1.82, 2.24) is 19.9 Å². The fourth-order valence-corrected chi connectivity index (χ4v) is 5.29. The molecule has 2 saturated heterocycles. The number of pyridine rings is 1. The molecule has 1 amide bonds. The molecule has 2 fully saturated rings. The van der Waals surface area contributed by atoms with Gasteiger partial charge in [-0.05, 0) is 51.8 Å². The van der Waals surface area contributed by atoms with Crippen LogP contribution in [-0.4, -0.2) is 68.8 Å². The molecule has 8 nitrogen and oxygen atoms in total. The van der Waals surface area contributed by atoms with Crippen LogP contribution >= 0.6 is 0 Å². The van der Waals surface area contributed by atoms with E-state index < -0.39 is 11.6 Å². The van der Waals surface area contributed by atoms with Gasteiger partial charge in [0.25, 0.3) is 0 Å². The monoisotopic (exact) mass is 460 g/mol. The minimum Gasteiger partial charge on any atom is -0.465 e. The summed E-state index contributed by atoms with van der Waals surface area (Å²) >= 11 is 0. The van der Waals surface area contributed by atoms with E-state index in [-0.39, 0.29) is 12.0 Å². The Morgan fingerprint density at radius 2 is 1.79 bits per heavy atom. The standard InChI is InChI=1S/C26H32N6O2/c1-26(2,3)32(25(33)34)20-8-6-14-30(17-20)24-23(27-12-13-28-24)19-15-31(16-19)22-11-10-18-7-4-5-9-21(18)29-22/h4-5,7,9-13,19-20H,6,8,14-17H2,1-3H3,(H,33,34). The second-order valence-corrected chi connectivity index (χ2v) is 10.3. The predicted octanol–water partition coefficient (Wildman–Crippen LogP) is 4.38. The highest BCUT2D eigenvalue weighted by atomic mass is 16.4. The van der Waals surface area contributed by atoms with E-state index >= 15 is 0 Å². The quantitative estimate of drug-likeness (QED) is 0.618. The van der Waals surface area contributed by atoms with Crippen molar-refractivity contribution in [2.75, 3.05) is 36.0 Å². The lowest BCUT2D eigenvalue weighted by molar-refractivity contribution is 0.0647. The Morgan fingerprint density at radius 3 is 2.56 bits per heavy atom. The number of piperidine rings is 1. The maximum absolute atomic E-state index is 12.0. The predicted molar refractivity (Wildman–Crippen MR) is 134 cm³/mol. The zero-order chi connectivity index (χ0) is 23.9. The molecular formula is C26H32N6O2. The lowest BCUT2D eigenvalue weighted by atomic mass is 9.94. The summed E-state index contributed by atoms with van der Waals surface area (Å²) in [6.07, 6.45) is 4.42. The Balaban J connectivity index is 1.32.